The number of carbonyl (C=O) groups excluding carboxylic acids is 2. The van der Waals surface area contributed by atoms with Crippen LogP contribution in [0, 0.1) is 11.6 Å². The SMILES string of the molecule is COc1ccccc1N1CCN(C(=O)CNC(=O)c2ccc(F)cc2F)CC1. The van der Waals surface area contributed by atoms with Gasteiger partial charge in [-0.1, -0.05) is 12.1 Å². The maximum absolute atomic E-state index is 13.6. The van der Waals surface area contributed by atoms with Crippen molar-refractivity contribution < 1.29 is 23.1 Å². The maximum Gasteiger partial charge on any atom is 0.254 e. The van der Waals surface area contributed by atoms with Gasteiger partial charge in [-0.3, -0.25) is 9.59 Å². The van der Waals surface area contributed by atoms with Crippen LogP contribution < -0.4 is 15.0 Å². The van der Waals surface area contributed by atoms with Gasteiger partial charge < -0.3 is 19.9 Å². The summed E-state index contributed by atoms with van der Waals surface area (Å²) < 4.78 is 31.9. The molecule has 2 aromatic rings. The first-order valence-corrected chi connectivity index (χ1v) is 8.88. The lowest BCUT2D eigenvalue weighted by Crippen LogP contribution is -2.51. The topological polar surface area (TPSA) is 61.9 Å². The number of ether oxygens (including phenoxy) is 1. The van der Waals surface area contributed by atoms with Gasteiger partial charge in [-0.2, -0.15) is 0 Å². The zero-order chi connectivity index (χ0) is 20.1. The second-order valence-corrected chi connectivity index (χ2v) is 6.35. The van der Waals surface area contributed by atoms with Gasteiger partial charge in [0.2, 0.25) is 5.91 Å². The van der Waals surface area contributed by atoms with Crippen molar-refractivity contribution in [2.75, 3.05) is 44.7 Å². The Hall–Kier alpha value is -3.16. The van der Waals surface area contributed by atoms with Crippen molar-refractivity contribution in [1.29, 1.82) is 0 Å². The highest BCUT2D eigenvalue weighted by atomic mass is 19.1. The Labute approximate surface area is 161 Å². The molecule has 8 heteroatoms. The summed E-state index contributed by atoms with van der Waals surface area (Å²) in [6.07, 6.45) is 0. The monoisotopic (exact) mass is 389 g/mol. The summed E-state index contributed by atoms with van der Waals surface area (Å²) in [5.74, 6) is -1.96. The van der Waals surface area contributed by atoms with E-state index in [2.05, 4.69) is 10.2 Å². The minimum atomic E-state index is -0.963. The summed E-state index contributed by atoms with van der Waals surface area (Å²) >= 11 is 0. The maximum atomic E-state index is 13.6. The van der Waals surface area contributed by atoms with E-state index in [1.54, 1.807) is 12.0 Å². The van der Waals surface area contributed by atoms with Crippen LogP contribution in [0.15, 0.2) is 42.5 Å². The number of hydrogen-bond donors (Lipinski definition) is 1. The summed E-state index contributed by atoms with van der Waals surface area (Å²) in [6.45, 7) is 2.01. The van der Waals surface area contributed by atoms with Crippen LogP contribution in [-0.2, 0) is 4.79 Å². The summed E-state index contributed by atoms with van der Waals surface area (Å²) in [6, 6.07) is 10.4. The summed E-state index contributed by atoms with van der Waals surface area (Å²) in [5.41, 5.74) is 0.673. The highest BCUT2D eigenvalue weighted by Crippen LogP contribution is 2.28. The van der Waals surface area contributed by atoms with Gasteiger partial charge in [0.25, 0.3) is 5.91 Å². The van der Waals surface area contributed by atoms with Gasteiger partial charge in [-0.25, -0.2) is 8.78 Å². The number of piperazine rings is 1. The van der Waals surface area contributed by atoms with E-state index < -0.39 is 17.5 Å². The molecule has 2 amide bonds. The summed E-state index contributed by atoms with van der Waals surface area (Å²) in [7, 11) is 1.62. The number of anilines is 1. The number of nitrogens with one attached hydrogen (secondary N) is 1. The van der Waals surface area contributed by atoms with Gasteiger partial charge in [-0.05, 0) is 24.3 Å². The van der Waals surface area contributed by atoms with Gasteiger partial charge in [-0.15, -0.1) is 0 Å². The molecule has 0 aliphatic carbocycles. The van der Waals surface area contributed by atoms with Crippen LogP contribution in [0.4, 0.5) is 14.5 Å². The van der Waals surface area contributed by atoms with Crippen LogP contribution in [0.3, 0.4) is 0 Å². The molecule has 1 N–H and O–H groups in total. The fourth-order valence-corrected chi connectivity index (χ4v) is 3.12. The van der Waals surface area contributed by atoms with Crippen LogP contribution in [-0.4, -0.2) is 56.5 Å². The molecule has 0 bridgehead atoms. The predicted octanol–water partition coefficient (Wildman–Crippen LogP) is 2.05. The van der Waals surface area contributed by atoms with Crippen molar-refractivity contribution in [1.82, 2.24) is 10.2 Å². The van der Waals surface area contributed by atoms with Crippen molar-refractivity contribution in [2.45, 2.75) is 0 Å². The standard InChI is InChI=1S/C20H21F2N3O3/c1-28-18-5-3-2-4-17(18)24-8-10-25(11-9-24)19(26)13-23-20(27)15-7-6-14(21)12-16(15)22/h2-7,12H,8-11,13H2,1H3,(H,23,27). The highest BCUT2D eigenvalue weighted by molar-refractivity contribution is 5.96. The van der Waals surface area contributed by atoms with Gasteiger partial charge in [0.05, 0.1) is 24.9 Å². The lowest BCUT2D eigenvalue weighted by molar-refractivity contribution is -0.130. The van der Waals surface area contributed by atoms with E-state index in [4.69, 9.17) is 4.74 Å². The molecule has 6 nitrogen and oxygen atoms in total. The number of benzene rings is 2. The van der Waals surface area contributed by atoms with Crippen molar-refractivity contribution in [3.63, 3.8) is 0 Å². The Balaban J connectivity index is 1.52. The molecule has 1 saturated heterocycles. The van der Waals surface area contributed by atoms with Crippen LogP contribution >= 0.6 is 0 Å². The van der Waals surface area contributed by atoms with Crippen molar-refractivity contribution >= 4 is 17.5 Å². The smallest absolute Gasteiger partial charge is 0.254 e. The largest absolute Gasteiger partial charge is 0.495 e. The third-order valence-corrected chi connectivity index (χ3v) is 4.63. The number of nitrogens with zero attached hydrogens (tertiary/aromatic N) is 2. The average molecular weight is 389 g/mol. The third-order valence-electron chi connectivity index (χ3n) is 4.63. The molecule has 1 heterocycles. The zero-order valence-electron chi connectivity index (χ0n) is 15.5. The molecule has 1 fully saturated rings. The van der Waals surface area contributed by atoms with Crippen molar-refractivity contribution in [2.24, 2.45) is 0 Å². The van der Waals surface area contributed by atoms with Gasteiger partial charge in [0, 0.05) is 32.2 Å². The lowest BCUT2D eigenvalue weighted by Gasteiger charge is -2.36. The molecule has 0 spiro atoms. The molecule has 0 unspecified atom stereocenters. The first-order chi connectivity index (χ1) is 13.5. The van der Waals surface area contributed by atoms with Gasteiger partial charge >= 0.3 is 0 Å². The highest BCUT2D eigenvalue weighted by Gasteiger charge is 2.23. The Morgan fingerprint density at radius 3 is 2.46 bits per heavy atom. The zero-order valence-corrected chi connectivity index (χ0v) is 15.5. The van der Waals surface area contributed by atoms with E-state index in [1.165, 1.54) is 0 Å². The van der Waals surface area contributed by atoms with E-state index in [1.807, 2.05) is 24.3 Å². The first kappa shape index (κ1) is 19.6. The molecule has 0 saturated carbocycles. The van der Waals surface area contributed by atoms with E-state index in [0.717, 1.165) is 23.6 Å². The molecule has 3 rings (SSSR count). The number of rotatable bonds is 5. The van der Waals surface area contributed by atoms with E-state index in [-0.39, 0.29) is 18.0 Å². The summed E-state index contributed by atoms with van der Waals surface area (Å²) in [5, 5.41) is 2.39. The average Bonchev–Trinajstić information content (AvgIpc) is 2.72. The third kappa shape index (κ3) is 4.39. The Bertz CT molecular complexity index is 868. The minimum Gasteiger partial charge on any atom is -0.495 e. The first-order valence-electron chi connectivity index (χ1n) is 8.88. The quantitative estimate of drug-likeness (QED) is 0.850. The van der Waals surface area contributed by atoms with Crippen molar-refractivity contribution in [3.05, 3.63) is 59.7 Å². The second-order valence-electron chi connectivity index (χ2n) is 6.35. The number of para-hydroxylation sites is 2. The molecule has 2 aromatic carbocycles. The van der Waals surface area contributed by atoms with Crippen LogP contribution in [0.25, 0.3) is 0 Å². The second kappa shape index (κ2) is 8.69. The number of methoxy groups -OCH3 is 1. The van der Waals surface area contributed by atoms with Crippen LogP contribution in [0.1, 0.15) is 10.4 Å². The molecule has 1 aliphatic heterocycles. The molecule has 148 valence electrons. The van der Waals surface area contributed by atoms with Crippen molar-refractivity contribution in [3.8, 4) is 5.75 Å². The lowest BCUT2D eigenvalue weighted by atomic mass is 10.2. The molecule has 0 radical (unpaired) electrons. The number of halogens is 2. The van der Waals surface area contributed by atoms with E-state index in [9.17, 15) is 18.4 Å². The van der Waals surface area contributed by atoms with E-state index in [0.29, 0.717) is 32.2 Å². The predicted molar refractivity (Wildman–Crippen MR) is 100 cm³/mol. The Morgan fingerprint density at radius 2 is 1.79 bits per heavy atom. The van der Waals surface area contributed by atoms with Crippen LogP contribution in [0.2, 0.25) is 0 Å². The molecule has 0 aromatic heterocycles. The minimum absolute atomic E-state index is 0.246. The number of amides is 2. The molecular formula is C20H21F2N3O3. The normalized spacial score (nSPS) is 14.0. The fraction of sp³-hybridized carbons (Fsp3) is 0.300. The van der Waals surface area contributed by atoms with Gasteiger partial charge in [0.1, 0.15) is 17.4 Å². The summed E-state index contributed by atoms with van der Waals surface area (Å²) in [4.78, 5) is 28.1. The van der Waals surface area contributed by atoms with E-state index >= 15 is 0 Å². The van der Waals surface area contributed by atoms with Gasteiger partial charge in [0.15, 0.2) is 0 Å². The Kier molecular flexibility index (Phi) is 6.08. The molecule has 28 heavy (non-hydrogen) atoms. The molecule has 1 aliphatic rings. The number of hydrogen-bond acceptors (Lipinski definition) is 4. The fourth-order valence-electron chi connectivity index (χ4n) is 3.12. The Morgan fingerprint density at radius 1 is 1.07 bits per heavy atom. The van der Waals surface area contributed by atoms with Crippen LogP contribution in [0.5, 0.6) is 5.75 Å². The molecular weight excluding hydrogens is 368 g/mol. The molecule has 0 atom stereocenters. The number of carbonyl (C=O) groups is 2.